The molecule has 7 heteroatoms. The van der Waals surface area contributed by atoms with Gasteiger partial charge in [0.05, 0.1) is 28.5 Å². The number of hydrogen-bond donors (Lipinski definition) is 1. The molecule has 1 unspecified atom stereocenters. The van der Waals surface area contributed by atoms with E-state index < -0.39 is 0 Å². The van der Waals surface area contributed by atoms with Gasteiger partial charge in [-0.05, 0) is 30.5 Å². The number of amides is 1. The Hall–Kier alpha value is -1.56. The quantitative estimate of drug-likeness (QED) is 0.929. The van der Waals surface area contributed by atoms with Gasteiger partial charge in [0, 0.05) is 12.8 Å². The fourth-order valence-electron chi connectivity index (χ4n) is 2.35. The number of benzene rings is 1. The Balaban J connectivity index is 1.63. The normalized spacial score (nSPS) is 17.6. The van der Waals surface area contributed by atoms with Crippen LogP contribution in [-0.2, 0) is 16.1 Å². The number of anilines is 1. The minimum Gasteiger partial charge on any atom is -0.368 e. The predicted octanol–water partition coefficient (Wildman–Crippen LogP) is 3.36. The van der Waals surface area contributed by atoms with Gasteiger partial charge in [-0.15, -0.1) is 0 Å². The number of carbonyl (C=O) groups excluding carboxylic acids is 1. The van der Waals surface area contributed by atoms with Crippen LogP contribution < -0.4 is 5.32 Å². The van der Waals surface area contributed by atoms with Crippen molar-refractivity contribution in [1.82, 2.24) is 9.78 Å². The van der Waals surface area contributed by atoms with Gasteiger partial charge in [-0.25, -0.2) is 0 Å². The average Bonchev–Trinajstić information content (AvgIpc) is 3.15. The van der Waals surface area contributed by atoms with Crippen molar-refractivity contribution in [3.63, 3.8) is 0 Å². The van der Waals surface area contributed by atoms with Crippen molar-refractivity contribution >= 4 is 34.8 Å². The van der Waals surface area contributed by atoms with E-state index in [1.165, 1.54) is 0 Å². The number of nitrogens with one attached hydrogen (secondary N) is 1. The van der Waals surface area contributed by atoms with Gasteiger partial charge in [-0.1, -0.05) is 29.3 Å². The first-order chi connectivity index (χ1) is 10.6. The summed E-state index contributed by atoms with van der Waals surface area (Å²) < 4.78 is 7.07. The smallest absolute Gasteiger partial charge is 0.253 e. The highest BCUT2D eigenvalue weighted by Crippen LogP contribution is 2.23. The second-order valence-corrected chi connectivity index (χ2v) is 5.98. The summed E-state index contributed by atoms with van der Waals surface area (Å²) in [6.45, 7) is 1.20. The van der Waals surface area contributed by atoms with Crippen molar-refractivity contribution in [1.29, 1.82) is 0 Å². The monoisotopic (exact) mass is 339 g/mol. The lowest BCUT2D eigenvalue weighted by atomic mass is 10.2. The summed E-state index contributed by atoms with van der Waals surface area (Å²) in [5.74, 6) is -0.119. The minimum absolute atomic E-state index is 0.119. The third-order valence-corrected chi connectivity index (χ3v) is 4.19. The Labute approximate surface area is 138 Å². The van der Waals surface area contributed by atoms with E-state index >= 15 is 0 Å². The first kappa shape index (κ1) is 15.3. The summed E-state index contributed by atoms with van der Waals surface area (Å²) in [7, 11) is 0. The lowest BCUT2D eigenvalue weighted by Crippen LogP contribution is -2.26. The molecule has 2 heterocycles. The zero-order chi connectivity index (χ0) is 15.5. The molecule has 1 aromatic carbocycles. The molecular formula is C15H15Cl2N3O2. The van der Waals surface area contributed by atoms with E-state index in [4.69, 9.17) is 27.9 Å². The molecule has 116 valence electrons. The summed E-state index contributed by atoms with van der Waals surface area (Å²) >= 11 is 11.9. The molecule has 0 spiro atoms. The molecule has 1 aliphatic rings. The zero-order valence-electron chi connectivity index (χ0n) is 11.8. The molecule has 0 radical (unpaired) electrons. The molecular weight excluding hydrogens is 325 g/mol. The number of rotatable bonds is 4. The van der Waals surface area contributed by atoms with Crippen LogP contribution >= 0.6 is 23.2 Å². The van der Waals surface area contributed by atoms with E-state index in [0.717, 1.165) is 18.4 Å². The maximum absolute atomic E-state index is 12.0. The SMILES string of the molecule is O=C(Nc1cnn(Cc2ccc(Cl)c(Cl)c2)c1)C1CCCO1. The van der Waals surface area contributed by atoms with Gasteiger partial charge in [-0.2, -0.15) is 5.10 Å². The highest BCUT2D eigenvalue weighted by molar-refractivity contribution is 6.42. The number of halogens is 2. The zero-order valence-corrected chi connectivity index (χ0v) is 13.3. The van der Waals surface area contributed by atoms with Crippen molar-refractivity contribution < 1.29 is 9.53 Å². The second kappa shape index (κ2) is 6.69. The van der Waals surface area contributed by atoms with Gasteiger partial charge in [-0.3, -0.25) is 9.48 Å². The number of nitrogens with zero attached hydrogens (tertiary/aromatic N) is 2. The van der Waals surface area contributed by atoms with Crippen LogP contribution in [0.2, 0.25) is 10.0 Å². The fourth-order valence-corrected chi connectivity index (χ4v) is 2.67. The number of hydrogen-bond acceptors (Lipinski definition) is 3. The molecule has 0 saturated carbocycles. The van der Waals surface area contributed by atoms with Crippen LogP contribution in [0, 0.1) is 0 Å². The van der Waals surface area contributed by atoms with Crippen LogP contribution in [0.15, 0.2) is 30.6 Å². The highest BCUT2D eigenvalue weighted by Gasteiger charge is 2.23. The third-order valence-electron chi connectivity index (χ3n) is 3.45. The molecule has 0 aliphatic carbocycles. The summed E-state index contributed by atoms with van der Waals surface area (Å²) in [6, 6.07) is 5.44. The molecule has 1 fully saturated rings. The van der Waals surface area contributed by atoms with Crippen molar-refractivity contribution in [2.75, 3.05) is 11.9 Å². The van der Waals surface area contributed by atoms with E-state index in [0.29, 0.717) is 28.9 Å². The molecule has 1 atom stereocenters. The minimum atomic E-state index is -0.349. The van der Waals surface area contributed by atoms with Crippen LogP contribution in [-0.4, -0.2) is 28.4 Å². The van der Waals surface area contributed by atoms with Crippen molar-refractivity contribution in [3.8, 4) is 0 Å². The molecule has 1 saturated heterocycles. The summed E-state index contributed by atoms with van der Waals surface area (Å²) in [6.07, 6.45) is 4.73. The van der Waals surface area contributed by atoms with Crippen molar-refractivity contribution in [2.24, 2.45) is 0 Å². The Kier molecular flexibility index (Phi) is 4.66. The van der Waals surface area contributed by atoms with Gasteiger partial charge in [0.1, 0.15) is 6.10 Å². The molecule has 1 aromatic heterocycles. The van der Waals surface area contributed by atoms with Crippen LogP contribution in [0.1, 0.15) is 18.4 Å². The average molecular weight is 340 g/mol. The van der Waals surface area contributed by atoms with E-state index in [1.54, 1.807) is 29.2 Å². The predicted molar refractivity (Wildman–Crippen MR) is 85.4 cm³/mol. The summed E-state index contributed by atoms with van der Waals surface area (Å²) in [5.41, 5.74) is 1.63. The Morgan fingerprint density at radius 3 is 3.00 bits per heavy atom. The summed E-state index contributed by atoms with van der Waals surface area (Å²) in [5, 5.41) is 8.08. The molecule has 1 amide bonds. The Morgan fingerprint density at radius 1 is 1.41 bits per heavy atom. The second-order valence-electron chi connectivity index (χ2n) is 5.17. The van der Waals surface area contributed by atoms with Crippen LogP contribution in [0.3, 0.4) is 0 Å². The van der Waals surface area contributed by atoms with Gasteiger partial charge in [0.2, 0.25) is 0 Å². The Bertz CT molecular complexity index is 681. The third kappa shape index (κ3) is 3.61. The van der Waals surface area contributed by atoms with E-state index in [1.807, 2.05) is 6.07 Å². The van der Waals surface area contributed by atoms with Crippen LogP contribution in [0.5, 0.6) is 0 Å². The molecule has 2 aromatic rings. The number of ether oxygens (including phenoxy) is 1. The maximum atomic E-state index is 12.0. The largest absolute Gasteiger partial charge is 0.368 e. The van der Waals surface area contributed by atoms with Crippen molar-refractivity contribution in [2.45, 2.75) is 25.5 Å². The Morgan fingerprint density at radius 2 is 2.27 bits per heavy atom. The van der Waals surface area contributed by atoms with Crippen LogP contribution in [0.4, 0.5) is 5.69 Å². The van der Waals surface area contributed by atoms with Crippen molar-refractivity contribution in [3.05, 3.63) is 46.2 Å². The van der Waals surface area contributed by atoms with E-state index in [2.05, 4.69) is 10.4 Å². The maximum Gasteiger partial charge on any atom is 0.253 e. The van der Waals surface area contributed by atoms with Gasteiger partial charge in [0.15, 0.2) is 0 Å². The van der Waals surface area contributed by atoms with E-state index in [9.17, 15) is 4.79 Å². The molecule has 5 nitrogen and oxygen atoms in total. The summed E-state index contributed by atoms with van der Waals surface area (Å²) in [4.78, 5) is 12.0. The first-order valence-corrected chi connectivity index (χ1v) is 7.76. The fraction of sp³-hybridized carbons (Fsp3) is 0.333. The lowest BCUT2D eigenvalue weighted by Gasteiger charge is -2.08. The molecule has 0 bridgehead atoms. The molecule has 3 rings (SSSR count). The van der Waals surface area contributed by atoms with Gasteiger partial charge in [0.25, 0.3) is 5.91 Å². The topological polar surface area (TPSA) is 56.2 Å². The van der Waals surface area contributed by atoms with Gasteiger partial charge < -0.3 is 10.1 Å². The molecule has 22 heavy (non-hydrogen) atoms. The number of carbonyl (C=O) groups is 1. The lowest BCUT2D eigenvalue weighted by molar-refractivity contribution is -0.124. The standard InChI is InChI=1S/C15H15Cl2N3O2/c16-12-4-3-10(6-13(12)17)8-20-9-11(7-18-20)19-15(21)14-2-1-5-22-14/h3-4,6-7,9,14H,1-2,5,8H2,(H,19,21). The molecule has 1 aliphatic heterocycles. The van der Waals surface area contributed by atoms with Gasteiger partial charge >= 0.3 is 0 Å². The first-order valence-electron chi connectivity index (χ1n) is 7.00. The number of aromatic nitrogens is 2. The molecule has 1 N–H and O–H groups in total. The van der Waals surface area contributed by atoms with Crippen LogP contribution in [0.25, 0.3) is 0 Å². The highest BCUT2D eigenvalue weighted by atomic mass is 35.5. The van der Waals surface area contributed by atoms with E-state index in [-0.39, 0.29) is 12.0 Å².